The second-order valence-electron chi connectivity index (χ2n) is 4.41. The zero-order valence-electron chi connectivity index (χ0n) is 11.2. The van der Waals surface area contributed by atoms with Gasteiger partial charge in [-0.25, -0.2) is 4.99 Å². The summed E-state index contributed by atoms with van der Waals surface area (Å²) in [7, 11) is 0. The number of nitrogens with zero attached hydrogens (tertiary/aromatic N) is 1. The summed E-state index contributed by atoms with van der Waals surface area (Å²) in [6.07, 6.45) is 12.5. The highest BCUT2D eigenvalue weighted by atomic mass is 32.2. The molecule has 0 heterocycles. The standard InChI is InChI=1S/C14H27NS2/c1-2-3-4-5-6-7-8-9-12-17-13-10-11-15-14-16/h2-13H2,1H3. The highest BCUT2D eigenvalue weighted by Crippen LogP contribution is 2.11. The molecule has 0 bridgehead atoms. The van der Waals surface area contributed by atoms with Crippen LogP contribution in [0.15, 0.2) is 4.99 Å². The molecular weight excluding hydrogens is 246 g/mol. The molecule has 0 N–H and O–H groups in total. The molecule has 0 unspecified atom stereocenters. The van der Waals surface area contributed by atoms with E-state index in [1.807, 2.05) is 0 Å². The Morgan fingerprint density at radius 2 is 1.47 bits per heavy atom. The fraction of sp³-hybridized carbons (Fsp3) is 0.929. The molecule has 3 heteroatoms. The van der Waals surface area contributed by atoms with E-state index in [0.29, 0.717) is 0 Å². The van der Waals surface area contributed by atoms with E-state index in [4.69, 9.17) is 0 Å². The molecule has 0 aromatic rings. The minimum Gasteiger partial charge on any atom is -0.233 e. The van der Waals surface area contributed by atoms with Crippen molar-refractivity contribution >= 4 is 29.1 Å². The molecule has 0 saturated carbocycles. The Hall–Kier alpha value is 0.150. The van der Waals surface area contributed by atoms with E-state index in [0.717, 1.165) is 13.0 Å². The van der Waals surface area contributed by atoms with Gasteiger partial charge in [-0.15, -0.1) is 0 Å². The second kappa shape index (κ2) is 16.1. The number of hydrogen-bond acceptors (Lipinski definition) is 3. The lowest BCUT2D eigenvalue weighted by Gasteiger charge is -2.01. The van der Waals surface area contributed by atoms with Crippen molar-refractivity contribution in [3.63, 3.8) is 0 Å². The van der Waals surface area contributed by atoms with Gasteiger partial charge < -0.3 is 0 Å². The molecule has 0 aliphatic rings. The smallest absolute Gasteiger partial charge is 0.0584 e. The fourth-order valence-corrected chi connectivity index (χ4v) is 2.77. The lowest BCUT2D eigenvalue weighted by molar-refractivity contribution is 0.586. The number of unbranched alkanes of at least 4 members (excludes halogenated alkanes) is 7. The van der Waals surface area contributed by atoms with Gasteiger partial charge in [0.2, 0.25) is 0 Å². The van der Waals surface area contributed by atoms with Crippen LogP contribution >= 0.6 is 24.0 Å². The van der Waals surface area contributed by atoms with E-state index in [9.17, 15) is 0 Å². The summed E-state index contributed by atoms with van der Waals surface area (Å²) in [6.45, 7) is 3.13. The molecule has 0 radical (unpaired) electrons. The Labute approximate surface area is 117 Å². The first kappa shape index (κ1) is 17.2. The number of thioether (sulfide) groups is 1. The van der Waals surface area contributed by atoms with Crippen molar-refractivity contribution < 1.29 is 0 Å². The SMILES string of the molecule is CCCCCCCCCCSCCCN=C=S. The van der Waals surface area contributed by atoms with Gasteiger partial charge in [0, 0.05) is 0 Å². The average molecular weight is 274 g/mol. The van der Waals surface area contributed by atoms with Crippen molar-refractivity contribution in [2.75, 3.05) is 18.1 Å². The van der Waals surface area contributed by atoms with Crippen LogP contribution in [-0.2, 0) is 0 Å². The zero-order valence-corrected chi connectivity index (χ0v) is 12.9. The maximum Gasteiger partial charge on any atom is 0.0584 e. The number of aliphatic imine (C=N–C) groups is 1. The number of rotatable bonds is 13. The monoisotopic (exact) mass is 273 g/mol. The van der Waals surface area contributed by atoms with Gasteiger partial charge in [-0.05, 0) is 36.6 Å². The Morgan fingerprint density at radius 3 is 2.12 bits per heavy atom. The van der Waals surface area contributed by atoms with Crippen LogP contribution in [0.4, 0.5) is 0 Å². The zero-order chi connectivity index (χ0) is 12.6. The van der Waals surface area contributed by atoms with E-state index in [1.165, 1.54) is 62.9 Å². The third-order valence-corrected chi connectivity index (χ3v) is 4.05. The summed E-state index contributed by atoms with van der Waals surface area (Å²) >= 11 is 6.57. The van der Waals surface area contributed by atoms with Crippen molar-refractivity contribution in [2.24, 2.45) is 4.99 Å². The van der Waals surface area contributed by atoms with Gasteiger partial charge >= 0.3 is 0 Å². The summed E-state index contributed by atoms with van der Waals surface area (Å²) in [5.41, 5.74) is 0. The molecule has 17 heavy (non-hydrogen) atoms. The summed E-state index contributed by atoms with van der Waals surface area (Å²) in [6, 6.07) is 0. The quantitative estimate of drug-likeness (QED) is 0.255. The minimum absolute atomic E-state index is 0.855. The first-order valence-electron chi connectivity index (χ1n) is 7.03. The third-order valence-electron chi connectivity index (χ3n) is 2.77. The summed E-state index contributed by atoms with van der Waals surface area (Å²) in [5.74, 6) is 2.53. The molecule has 0 aromatic heterocycles. The van der Waals surface area contributed by atoms with Gasteiger partial charge in [0.15, 0.2) is 0 Å². The van der Waals surface area contributed by atoms with E-state index in [1.54, 1.807) is 0 Å². The molecule has 100 valence electrons. The molecule has 0 aliphatic carbocycles. The molecule has 1 nitrogen and oxygen atoms in total. The molecule has 0 amide bonds. The van der Waals surface area contributed by atoms with Crippen molar-refractivity contribution in [1.82, 2.24) is 0 Å². The lowest BCUT2D eigenvalue weighted by Crippen LogP contribution is -1.88. The normalized spacial score (nSPS) is 10.2. The molecule has 0 aliphatic heterocycles. The first-order chi connectivity index (χ1) is 8.41. The van der Waals surface area contributed by atoms with Gasteiger partial charge in [0.25, 0.3) is 0 Å². The molecule has 0 atom stereocenters. The van der Waals surface area contributed by atoms with Crippen LogP contribution in [0.25, 0.3) is 0 Å². The lowest BCUT2D eigenvalue weighted by atomic mass is 10.1. The highest BCUT2D eigenvalue weighted by Gasteiger charge is 1.92. The van der Waals surface area contributed by atoms with Gasteiger partial charge in [-0.3, -0.25) is 0 Å². The highest BCUT2D eigenvalue weighted by molar-refractivity contribution is 7.99. The van der Waals surface area contributed by atoms with Crippen LogP contribution in [0, 0.1) is 0 Å². The summed E-state index contributed by atoms with van der Waals surface area (Å²) in [4.78, 5) is 3.91. The largest absolute Gasteiger partial charge is 0.233 e. The Kier molecular flexibility index (Phi) is 16.3. The van der Waals surface area contributed by atoms with Gasteiger partial charge in [-0.1, -0.05) is 51.9 Å². The molecule has 0 aromatic carbocycles. The number of thiocarbonyl (C=S) groups is 1. The number of hydrogen-bond donors (Lipinski definition) is 0. The van der Waals surface area contributed by atoms with Crippen LogP contribution in [-0.4, -0.2) is 23.2 Å². The number of isothiocyanates is 1. The van der Waals surface area contributed by atoms with E-state index >= 15 is 0 Å². The predicted octanol–water partition coefficient (Wildman–Crippen LogP) is 5.35. The van der Waals surface area contributed by atoms with Crippen molar-refractivity contribution in [3.8, 4) is 0 Å². The second-order valence-corrected chi connectivity index (χ2v) is 5.82. The van der Waals surface area contributed by atoms with E-state index < -0.39 is 0 Å². The van der Waals surface area contributed by atoms with Crippen LogP contribution < -0.4 is 0 Å². The molecule has 0 fully saturated rings. The molecule has 0 rings (SSSR count). The maximum atomic E-state index is 4.52. The Bertz CT molecular complexity index is 189. The van der Waals surface area contributed by atoms with E-state index in [2.05, 4.69) is 41.1 Å². The van der Waals surface area contributed by atoms with Gasteiger partial charge in [0.05, 0.1) is 11.7 Å². The third kappa shape index (κ3) is 16.1. The van der Waals surface area contributed by atoms with Crippen molar-refractivity contribution in [3.05, 3.63) is 0 Å². The van der Waals surface area contributed by atoms with Crippen LogP contribution in [0.3, 0.4) is 0 Å². The fourth-order valence-electron chi connectivity index (χ4n) is 1.73. The Balaban J connectivity index is 2.91. The molecular formula is C14H27NS2. The predicted molar refractivity (Wildman–Crippen MR) is 84.4 cm³/mol. The Morgan fingerprint density at radius 1 is 0.882 bits per heavy atom. The summed E-state index contributed by atoms with van der Waals surface area (Å²) in [5, 5.41) is 2.41. The van der Waals surface area contributed by atoms with Crippen LogP contribution in [0.5, 0.6) is 0 Å². The summed E-state index contributed by atoms with van der Waals surface area (Å²) < 4.78 is 0. The maximum absolute atomic E-state index is 4.52. The van der Waals surface area contributed by atoms with Crippen LogP contribution in [0.2, 0.25) is 0 Å². The van der Waals surface area contributed by atoms with E-state index in [-0.39, 0.29) is 0 Å². The van der Waals surface area contributed by atoms with Crippen LogP contribution in [0.1, 0.15) is 64.7 Å². The van der Waals surface area contributed by atoms with Crippen molar-refractivity contribution in [1.29, 1.82) is 0 Å². The molecule has 0 saturated heterocycles. The topological polar surface area (TPSA) is 12.4 Å². The minimum atomic E-state index is 0.855. The van der Waals surface area contributed by atoms with Crippen molar-refractivity contribution in [2.45, 2.75) is 64.7 Å². The average Bonchev–Trinajstić information content (AvgIpc) is 2.35. The first-order valence-corrected chi connectivity index (χ1v) is 8.59. The molecule has 0 spiro atoms. The van der Waals surface area contributed by atoms with Gasteiger partial charge in [-0.2, -0.15) is 11.8 Å². The van der Waals surface area contributed by atoms with Gasteiger partial charge in [0.1, 0.15) is 0 Å².